The number of hydrogen-bond donors (Lipinski definition) is 1. The fourth-order valence-corrected chi connectivity index (χ4v) is 2.58. The predicted molar refractivity (Wildman–Crippen MR) is 47.9 cm³/mol. The van der Waals surface area contributed by atoms with Gasteiger partial charge in [0.25, 0.3) is 0 Å². The van der Waals surface area contributed by atoms with Gasteiger partial charge in [0, 0.05) is 6.16 Å². The number of rotatable bonds is 5. The highest BCUT2D eigenvalue weighted by Gasteiger charge is 2.10. The summed E-state index contributed by atoms with van der Waals surface area (Å²) in [6, 6.07) is 0. The van der Waals surface area contributed by atoms with Gasteiger partial charge in [0.1, 0.15) is 0 Å². The van der Waals surface area contributed by atoms with Crippen molar-refractivity contribution in [2.75, 3.05) is 12.8 Å². The summed E-state index contributed by atoms with van der Waals surface area (Å²) in [6.07, 6.45) is 2.69. The van der Waals surface area contributed by atoms with Crippen LogP contribution in [0.4, 0.5) is 0 Å². The molecule has 62 valence electrons. The second-order valence-corrected chi connectivity index (χ2v) is 5.82. The molecular formula is C6H15O2PS. The minimum absolute atomic E-state index is 0.525. The summed E-state index contributed by atoms with van der Waals surface area (Å²) in [5, 5.41) is 0. The monoisotopic (exact) mass is 182 g/mol. The highest BCUT2D eigenvalue weighted by atomic mass is 32.5. The molecule has 0 heterocycles. The molecule has 0 rings (SSSR count). The van der Waals surface area contributed by atoms with Crippen molar-refractivity contribution in [1.82, 2.24) is 0 Å². The average Bonchev–Trinajstić information content (AvgIpc) is 1.84. The van der Waals surface area contributed by atoms with E-state index < -0.39 is 6.49 Å². The van der Waals surface area contributed by atoms with Crippen LogP contribution in [-0.4, -0.2) is 17.7 Å². The van der Waals surface area contributed by atoms with E-state index in [-0.39, 0.29) is 0 Å². The van der Waals surface area contributed by atoms with Crippen LogP contribution in [0.15, 0.2) is 0 Å². The first kappa shape index (κ1) is 10.6. The van der Waals surface area contributed by atoms with Crippen molar-refractivity contribution in [2.24, 2.45) is 0 Å². The Morgan fingerprint density at radius 1 is 1.50 bits per heavy atom. The highest BCUT2D eigenvalue weighted by Crippen LogP contribution is 2.42. The van der Waals surface area contributed by atoms with Crippen molar-refractivity contribution in [3.63, 3.8) is 0 Å². The summed E-state index contributed by atoms with van der Waals surface area (Å²) < 4.78 is 5.01. The molecule has 1 atom stereocenters. The first-order chi connectivity index (χ1) is 4.62. The third-order valence-electron chi connectivity index (χ3n) is 1.13. The maximum Gasteiger partial charge on any atom is 0.186 e. The summed E-state index contributed by atoms with van der Waals surface area (Å²) in [4.78, 5) is 9.35. The molecule has 0 spiro atoms. The van der Waals surface area contributed by atoms with Crippen LogP contribution < -0.4 is 0 Å². The maximum absolute atomic E-state index is 9.35. The van der Waals surface area contributed by atoms with Crippen molar-refractivity contribution in [2.45, 2.75) is 26.7 Å². The summed E-state index contributed by atoms with van der Waals surface area (Å²) in [7, 11) is 0. The third kappa shape index (κ3) is 5.36. The Labute approximate surface area is 67.8 Å². The molecule has 1 unspecified atom stereocenters. The SMILES string of the molecule is CCCCP(O)(=S)OCC. The quantitative estimate of drug-likeness (QED) is 0.660. The molecule has 0 aromatic heterocycles. The van der Waals surface area contributed by atoms with Gasteiger partial charge in [0.2, 0.25) is 0 Å². The van der Waals surface area contributed by atoms with Crippen LogP contribution in [0.1, 0.15) is 26.7 Å². The lowest BCUT2D eigenvalue weighted by atomic mass is 10.4. The molecule has 0 aliphatic carbocycles. The molecule has 0 radical (unpaired) electrons. The van der Waals surface area contributed by atoms with Gasteiger partial charge in [-0.05, 0) is 25.2 Å². The summed E-state index contributed by atoms with van der Waals surface area (Å²) in [5.74, 6) is 0. The standard InChI is InChI=1S/C6H15O2PS/c1-3-5-6-9(7,10)8-4-2/h3-6H2,1-2H3,(H,7,10). The number of unbranched alkanes of at least 4 members (excludes halogenated alkanes) is 1. The largest absolute Gasteiger partial charge is 0.345 e. The van der Waals surface area contributed by atoms with Crippen molar-refractivity contribution in [3.05, 3.63) is 0 Å². The van der Waals surface area contributed by atoms with Gasteiger partial charge >= 0.3 is 0 Å². The van der Waals surface area contributed by atoms with Crippen LogP contribution in [0.2, 0.25) is 0 Å². The molecule has 1 N–H and O–H groups in total. The van der Waals surface area contributed by atoms with Crippen LogP contribution in [0, 0.1) is 0 Å². The van der Waals surface area contributed by atoms with Crippen molar-refractivity contribution < 1.29 is 9.42 Å². The molecule has 0 saturated heterocycles. The van der Waals surface area contributed by atoms with E-state index in [4.69, 9.17) is 16.3 Å². The van der Waals surface area contributed by atoms with Gasteiger partial charge in [-0.25, -0.2) is 0 Å². The molecular weight excluding hydrogens is 167 g/mol. The average molecular weight is 182 g/mol. The van der Waals surface area contributed by atoms with E-state index in [2.05, 4.69) is 6.92 Å². The Kier molecular flexibility index (Phi) is 5.55. The topological polar surface area (TPSA) is 29.5 Å². The summed E-state index contributed by atoms with van der Waals surface area (Å²) in [5.41, 5.74) is 0. The van der Waals surface area contributed by atoms with E-state index in [1.165, 1.54) is 0 Å². The Morgan fingerprint density at radius 3 is 2.50 bits per heavy atom. The van der Waals surface area contributed by atoms with Gasteiger partial charge < -0.3 is 9.42 Å². The zero-order valence-corrected chi connectivity index (χ0v) is 8.25. The Balaban J connectivity index is 3.53. The third-order valence-corrected chi connectivity index (χ3v) is 3.53. The van der Waals surface area contributed by atoms with Gasteiger partial charge in [-0.1, -0.05) is 13.3 Å². The van der Waals surface area contributed by atoms with E-state index in [0.717, 1.165) is 12.8 Å². The van der Waals surface area contributed by atoms with Crippen molar-refractivity contribution in [1.29, 1.82) is 0 Å². The molecule has 4 heteroatoms. The molecule has 0 amide bonds. The Morgan fingerprint density at radius 2 is 2.10 bits per heavy atom. The van der Waals surface area contributed by atoms with Crippen molar-refractivity contribution in [3.8, 4) is 0 Å². The van der Waals surface area contributed by atoms with Gasteiger partial charge in [0.05, 0.1) is 6.61 Å². The minimum Gasteiger partial charge on any atom is -0.345 e. The molecule has 10 heavy (non-hydrogen) atoms. The normalized spacial score (nSPS) is 16.7. The molecule has 0 aliphatic rings. The Hall–Kier alpha value is 0.570. The molecule has 0 aromatic rings. The lowest BCUT2D eigenvalue weighted by Crippen LogP contribution is -1.93. The molecule has 0 aliphatic heterocycles. The Bertz CT molecular complexity index is 127. The van der Waals surface area contributed by atoms with E-state index in [1.807, 2.05) is 6.92 Å². The molecule has 0 fully saturated rings. The van der Waals surface area contributed by atoms with Crippen LogP contribution >= 0.6 is 6.49 Å². The van der Waals surface area contributed by atoms with E-state index in [9.17, 15) is 4.89 Å². The van der Waals surface area contributed by atoms with Gasteiger partial charge in [0.15, 0.2) is 6.49 Å². The summed E-state index contributed by atoms with van der Waals surface area (Å²) in [6.45, 7) is 2.07. The molecule has 0 saturated carbocycles. The first-order valence-electron chi connectivity index (χ1n) is 3.58. The second-order valence-electron chi connectivity index (χ2n) is 2.13. The molecule has 0 bridgehead atoms. The summed E-state index contributed by atoms with van der Waals surface area (Å²) >= 11 is 4.85. The second kappa shape index (κ2) is 5.25. The minimum atomic E-state index is -2.38. The highest BCUT2D eigenvalue weighted by molar-refractivity contribution is 8.09. The molecule has 2 nitrogen and oxygen atoms in total. The van der Waals surface area contributed by atoms with Gasteiger partial charge in [-0.3, -0.25) is 0 Å². The fourth-order valence-electron chi connectivity index (χ4n) is 0.624. The van der Waals surface area contributed by atoms with E-state index >= 15 is 0 Å². The number of hydrogen-bond acceptors (Lipinski definition) is 2. The maximum atomic E-state index is 9.35. The fraction of sp³-hybridized carbons (Fsp3) is 1.00. The van der Waals surface area contributed by atoms with E-state index in [1.54, 1.807) is 0 Å². The first-order valence-corrected chi connectivity index (χ1v) is 6.44. The van der Waals surface area contributed by atoms with Crippen LogP contribution in [0.25, 0.3) is 0 Å². The van der Waals surface area contributed by atoms with Crippen molar-refractivity contribution >= 4 is 18.3 Å². The van der Waals surface area contributed by atoms with Gasteiger partial charge in [-0.15, -0.1) is 0 Å². The zero-order chi connectivity index (χ0) is 8.04. The lowest BCUT2D eigenvalue weighted by Gasteiger charge is -2.13. The van der Waals surface area contributed by atoms with Crippen LogP contribution in [0.3, 0.4) is 0 Å². The predicted octanol–water partition coefficient (Wildman–Crippen LogP) is 2.12. The van der Waals surface area contributed by atoms with E-state index in [0.29, 0.717) is 12.8 Å². The van der Waals surface area contributed by atoms with Crippen LogP contribution in [-0.2, 0) is 16.3 Å². The zero-order valence-electron chi connectivity index (χ0n) is 6.54. The smallest absolute Gasteiger partial charge is 0.186 e. The van der Waals surface area contributed by atoms with Crippen LogP contribution in [0.5, 0.6) is 0 Å². The lowest BCUT2D eigenvalue weighted by molar-refractivity contribution is 0.326. The van der Waals surface area contributed by atoms with Gasteiger partial charge in [-0.2, -0.15) is 0 Å². The molecule has 0 aromatic carbocycles.